The third-order valence-electron chi connectivity index (χ3n) is 2.21. The van der Waals surface area contributed by atoms with Gasteiger partial charge in [0.15, 0.2) is 0 Å². The summed E-state index contributed by atoms with van der Waals surface area (Å²) >= 11 is 0. The first-order valence-corrected chi connectivity index (χ1v) is 7.31. The molecule has 104 valence electrons. The second-order valence-electron chi connectivity index (χ2n) is 3.82. The second-order valence-corrected chi connectivity index (χ2v) is 5.37. The lowest BCUT2D eigenvalue weighted by molar-refractivity contribution is -0.384. The lowest BCUT2D eigenvalue weighted by Gasteiger charge is -2.06. The summed E-state index contributed by atoms with van der Waals surface area (Å²) in [4.78, 5) is 21.5. The number of nitro benzene ring substituents is 1. The van der Waals surface area contributed by atoms with Crippen LogP contribution in [0.2, 0.25) is 0 Å². The van der Waals surface area contributed by atoms with Crippen molar-refractivity contribution < 1.29 is 13.9 Å². The number of nitrogens with one attached hydrogen (secondary N) is 2. The molecule has 19 heavy (non-hydrogen) atoms. The number of hydrogen-bond donors (Lipinski definition) is 2. The van der Waals surface area contributed by atoms with Gasteiger partial charge in [-0.15, -0.1) is 0 Å². The summed E-state index contributed by atoms with van der Waals surface area (Å²) in [6.07, 6.45) is 2.22. The zero-order valence-electron chi connectivity index (χ0n) is 10.4. The van der Waals surface area contributed by atoms with E-state index in [1.54, 1.807) is 12.3 Å². The molecule has 0 bridgehead atoms. The number of hydrogen-bond acceptors (Lipinski definition) is 4. The summed E-state index contributed by atoms with van der Waals surface area (Å²) in [5, 5.41) is 15.6. The van der Waals surface area contributed by atoms with Crippen LogP contribution in [0.4, 0.5) is 16.2 Å². The molecule has 1 rings (SSSR count). The third-order valence-corrected chi connectivity index (χ3v) is 3.07. The Bertz CT molecular complexity index is 493. The van der Waals surface area contributed by atoms with Gasteiger partial charge in [0.1, 0.15) is 0 Å². The third kappa shape index (κ3) is 5.96. The Morgan fingerprint density at radius 2 is 2.21 bits per heavy atom. The van der Waals surface area contributed by atoms with Gasteiger partial charge in [0, 0.05) is 47.2 Å². The Kier molecular flexibility index (Phi) is 5.94. The number of rotatable bonds is 6. The van der Waals surface area contributed by atoms with E-state index in [4.69, 9.17) is 0 Å². The summed E-state index contributed by atoms with van der Waals surface area (Å²) in [7, 11) is -0.873. The molecule has 0 aromatic heterocycles. The molecule has 0 aliphatic heterocycles. The van der Waals surface area contributed by atoms with Crippen LogP contribution in [0.15, 0.2) is 24.3 Å². The van der Waals surface area contributed by atoms with Gasteiger partial charge in [0.2, 0.25) is 0 Å². The largest absolute Gasteiger partial charge is 0.338 e. The van der Waals surface area contributed by atoms with E-state index >= 15 is 0 Å². The maximum absolute atomic E-state index is 11.5. The minimum Gasteiger partial charge on any atom is -0.338 e. The van der Waals surface area contributed by atoms with Crippen LogP contribution >= 0.6 is 0 Å². The van der Waals surface area contributed by atoms with E-state index in [-0.39, 0.29) is 5.69 Å². The van der Waals surface area contributed by atoms with E-state index in [1.807, 2.05) is 0 Å². The number of carbonyl (C=O) groups excluding carboxylic acids is 1. The molecule has 0 saturated heterocycles. The van der Waals surface area contributed by atoms with Crippen molar-refractivity contribution in [2.45, 2.75) is 6.42 Å². The fraction of sp³-hybridized carbons (Fsp3) is 0.364. The van der Waals surface area contributed by atoms with Crippen LogP contribution in [-0.4, -0.2) is 33.7 Å². The molecular weight excluding hydrogens is 270 g/mol. The second kappa shape index (κ2) is 7.47. The summed E-state index contributed by atoms with van der Waals surface area (Å²) in [6, 6.07) is 5.24. The molecule has 0 saturated carbocycles. The molecule has 0 aliphatic carbocycles. The number of nitrogens with zero attached hydrogens (tertiary/aromatic N) is 1. The number of amides is 2. The van der Waals surface area contributed by atoms with Crippen molar-refractivity contribution in [2.24, 2.45) is 0 Å². The number of nitro groups is 1. The Morgan fingerprint density at radius 3 is 2.84 bits per heavy atom. The van der Waals surface area contributed by atoms with Crippen LogP contribution in [0, 0.1) is 10.1 Å². The van der Waals surface area contributed by atoms with E-state index < -0.39 is 21.8 Å². The molecule has 0 radical (unpaired) electrons. The monoisotopic (exact) mass is 285 g/mol. The lowest BCUT2D eigenvalue weighted by atomic mass is 10.3. The smallest absolute Gasteiger partial charge is 0.319 e. The number of benzene rings is 1. The van der Waals surface area contributed by atoms with Gasteiger partial charge in [0.05, 0.1) is 4.92 Å². The lowest BCUT2D eigenvalue weighted by Crippen LogP contribution is -2.30. The number of non-ortho nitro benzene ring substituents is 1. The van der Waals surface area contributed by atoms with Gasteiger partial charge in [0.25, 0.3) is 5.69 Å². The number of urea groups is 1. The first-order chi connectivity index (χ1) is 8.99. The van der Waals surface area contributed by atoms with Gasteiger partial charge < -0.3 is 10.6 Å². The molecule has 0 spiro atoms. The molecule has 0 aliphatic rings. The van der Waals surface area contributed by atoms with Crippen molar-refractivity contribution in [2.75, 3.05) is 23.9 Å². The molecule has 1 aromatic rings. The van der Waals surface area contributed by atoms with Gasteiger partial charge >= 0.3 is 6.03 Å². The fourth-order valence-corrected chi connectivity index (χ4v) is 1.90. The molecule has 1 aromatic carbocycles. The molecule has 1 unspecified atom stereocenters. The van der Waals surface area contributed by atoms with Crippen molar-refractivity contribution in [3.63, 3.8) is 0 Å². The van der Waals surface area contributed by atoms with Crippen LogP contribution < -0.4 is 10.6 Å². The van der Waals surface area contributed by atoms with E-state index in [9.17, 15) is 19.1 Å². The normalized spacial score (nSPS) is 11.6. The first-order valence-electron chi connectivity index (χ1n) is 5.58. The Balaban J connectivity index is 2.42. The zero-order valence-corrected chi connectivity index (χ0v) is 11.2. The highest BCUT2D eigenvalue weighted by Crippen LogP contribution is 2.16. The molecule has 8 heteroatoms. The predicted molar refractivity (Wildman–Crippen MR) is 73.7 cm³/mol. The summed E-state index contributed by atoms with van der Waals surface area (Å²) in [5.74, 6) is 0.525. The summed E-state index contributed by atoms with van der Waals surface area (Å²) < 4.78 is 10.8. The minimum absolute atomic E-state index is 0.0841. The average molecular weight is 285 g/mol. The standard InChI is InChI=1S/C11H15N3O4S/c1-19(18)7-3-6-12-11(15)13-9-4-2-5-10(8-9)14(16)17/h2,4-5,8H,3,6-7H2,1H3,(H2,12,13,15). The molecule has 1 atom stereocenters. The van der Waals surface area contributed by atoms with Crippen LogP contribution in [0.5, 0.6) is 0 Å². The van der Waals surface area contributed by atoms with Crippen LogP contribution in [0.3, 0.4) is 0 Å². The minimum atomic E-state index is -0.873. The van der Waals surface area contributed by atoms with Crippen molar-refractivity contribution in [3.05, 3.63) is 34.4 Å². The van der Waals surface area contributed by atoms with Crippen molar-refractivity contribution in [1.82, 2.24) is 5.32 Å². The maximum atomic E-state index is 11.5. The van der Waals surface area contributed by atoms with Crippen molar-refractivity contribution in [3.8, 4) is 0 Å². The predicted octanol–water partition coefficient (Wildman–Crippen LogP) is 1.48. The van der Waals surface area contributed by atoms with Crippen molar-refractivity contribution >= 4 is 28.2 Å². The van der Waals surface area contributed by atoms with E-state index in [0.29, 0.717) is 24.4 Å². The van der Waals surface area contributed by atoms with Gasteiger partial charge in [-0.2, -0.15) is 0 Å². The number of carbonyl (C=O) groups is 1. The van der Waals surface area contributed by atoms with Gasteiger partial charge in [-0.05, 0) is 12.5 Å². The maximum Gasteiger partial charge on any atom is 0.319 e. The van der Waals surface area contributed by atoms with Crippen LogP contribution in [0.1, 0.15) is 6.42 Å². The van der Waals surface area contributed by atoms with Crippen LogP contribution in [0.25, 0.3) is 0 Å². The molecule has 0 fully saturated rings. The highest BCUT2D eigenvalue weighted by Gasteiger charge is 2.07. The highest BCUT2D eigenvalue weighted by atomic mass is 32.2. The molecule has 2 amide bonds. The fourth-order valence-electron chi connectivity index (χ4n) is 1.35. The summed E-state index contributed by atoms with van der Waals surface area (Å²) in [6.45, 7) is 0.403. The number of anilines is 1. The Hall–Kier alpha value is -1.96. The first kappa shape index (κ1) is 15.1. The van der Waals surface area contributed by atoms with E-state index in [1.165, 1.54) is 18.2 Å². The quantitative estimate of drug-likeness (QED) is 0.469. The Labute approximate surface area is 113 Å². The molecular formula is C11H15N3O4S. The van der Waals surface area contributed by atoms with Gasteiger partial charge in [-0.1, -0.05) is 6.07 Å². The highest BCUT2D eigenvalue weighted by molar-refractivity contribution is 7.84. The van der Waals surface area contributed by atoms with E-state index in [0.717, 1.165) is 0 Å². The molecule has 0 heterocycles. The Morgan fingerprint density at radius 1 is 1.47 bits per heavy atom. The molecule has 7 nitrogen and oxygen atoms in total. The zero-order chi connectivity index (χ0) is 14.3. The van der Waals surface area contributed by atoms with E-state index in [2.05, 4.69) is 10.6 Å². The topological polar surface area (TPSA) is 101 Å². The van der Waals surface area contributed by atoms with Gasteiger partial charge in [-0.3, -0.25) is 14.3 Å². The summed E-state index contributed by atoms with van der Waals surface area (Å²) in [5.41, 5.74) is 0.268. The average Bonchev–Trinajstić information content (AvgIpc) is 2.34. The molecule has 2 N–H and O–H groups in total. The van der Waals surface area contributed by atoms with Crippen LogP contribution in [-0.2, 0) is 10.8 Å². The SMILES string of the molecule is CS(=O)CCCNC(=O)Nc1cccc([N+](=O)[O-])c1. The van der Waals surface area contributed by atoms with Gasteiger partial charge in [-0.25, -0.2) is 4.79 Å². The van der Waals surface area contributed by atoms with Crippen molar-refractivity contribution in [1.29, 1.82) is 0 Å².